The lowest BCUT2D eigenvalue weighted by atomic mass is 10.0. The molecule has 0 fully saturated rings. The zero-order chi connectivity index (χ0) is 13.7. The first kappa shape index (κ1) is 13.9. The average molecular weight is 260 g/mol. The Labute approximate surface area is 113 Å². The molecular formula is C15H20N2O2. The van der Waals surface area contributed by atoms with Gasteiger partial charge in [0, 0.05) is 31.0 Å². The molecule has 0 aliphatic rings. The molecule has 4 nitrogen and oxygen atoms in total. The summed E-state index contributed by atoms with van der Waals surface area (Å²) in [7, 11) is 0. The van der Waals surface area contributed by atoms with Crippen molar-refractivity contribution >= 4 is 10.8 Å². The molecule has 19 heavy (non-hydrogen) atoms. The molecule has 102 valence electrons. The maximum atomic E-state index is 6.31. The van der Waals surface area contributed by atoms with Gasteiger partial charge in [0.15, 0.2) is 6.29 Å². The number of aromatic nitrogens is 1. The van der Waals surface area contributed by atoms with Gasteiger partial charge >= 0.3 is 0 Å². The molecule has 0 saturated carbocycles. The smallest absolute Gasteiger partial charge is 0.176 e. The highest BCUT2D eigenvalue weighted by Gasteiger charge is 2.21. The molecule has 0 bridgehead atoms. The minimum atomic E-state index is -0.422. The Morgan fingerprint density at radius 3 is 2.58 bits per heavy atom. The Balaban J connectivity index is 2.36. The second-order valence-corrected chi connectivity index (χ2v) is 4.25. The maximum Gasteiger partial charge on any atom is 0.176 e. The van der Waals surface area contributed by atoms with E-state index in [0.29, 0.717) is 13.2 Å². The average Bonchev–Trinajstić information content (AvgIpc) is 2.46. The van der Waals surface area contributed by atoms with Crippen LogP contribution in [0.3, 0.4) is 0 Å². The minimum absolute atomic E-state index is 0.314. The fourth-order valence-corrected chi connectivity index (χ4v) is 2.17. The number of pyridine rings is 1. The van der Waals surface area contributed by atoms with E-state index in [1.165, 1.54) is 0 Å². The summed E-state index contributed by atoms with van der Waals surface area (Å²) in [5.74, 6) is 0. The molecule has 0 aliphatic carbocycles. The summed E-state index contributed by atoms with van der Waals surface area (Å²) in [6.07, 6.45) is 3.19. The first-order chi connectivity index (χ1) is 9.27. The Morgan fingerprint density at radius 2 is 1.89 bits per heavy atom. The van der Waals surface area contributed by atoms with Crippen molar-refractivity contribution in [2.75, 3.05) is 13.2 Å². The molecule has 1 aromatic heterocycles. The van der Waals surface area contributed by atoms with Crippen molar-refractivity contribution in [2.45, 2.75) is 26.2 Å². The molecule has 0 spiro atoms. The van der Waals surface area contributed by atoms with Crippen LogP contribution < -0.4 is 5.73 Å². The highest BCUT2D eigenvalue weighted by molar-refractivity contribution is 5.85. The lowest BCUT2D eigenvalue weighted by molar-refractivity contribution is -0.149. The van der Waals surface area contributed by atoms with Gasteiger partial charge in [-0.1, -0.05) is 18.2 Å². The monoisotopic (exact) mass is 260 g/mol. The van der Waals surface area contributed by atoms with Crippen LogP contribution in [0.2, 0.25) is 0 Å². The molecule has 1 atom stereocenters. The molecule has 4 heteroatoms. The molecule has 0 amide bonds. The van der Waals surface area contributed by atoms with E-state index in [0.717, 1.165) is 16.3 Å². The van der Waals surface area contributed by atoms with Crippen molar-refractivity contribution < 1.29 is 9.47 Å². The van der Waals surface area contributed by atoms with Crippen LogP contribution in [-0.4, -0.2) is 24.5 Å². The van der Waals surface area contributed by atoms with Crippen LogP contribution in [0.25, 0.3) is 10.8 Å². The number of fused-ring (bicyclic) bond motifs is 1. The molecule has 1 aromatic carbocycles. The summed E-state index contributed by atoms with van der Waals surface area (Å²) in [4.78, 5) is 4.13. The molecule has 2 rings (SSSR count). The van der Waals surface area contributed by atoms with Gasteiger partial charge in [-0.2, -0.15) is 0 Å². The number of rotatable bonds is 6. The van der Waals surface area contributed by atoms with Crippen LogP contribution in [0.1, 0.15) is 25.5 Å². The molecule has 0 aliphatic heterocycles. The van der Waals surface area contributed by atoms with E-state index < -0.39 is 6.29 Å². The predicted molar refractivity (Wildman–Crippen MR) is 75.7 cm³/mol. The van der Waals surface area contributed by atoms with E-state index in [9.17, 15) is 0 Å². The van der Waals surface area contributed by atoms with E-state index >= 15 is 0 Å². The van der Waals surface area contributed by atoms with Gasteiger partial charge in [0.05, 0.1) is 6.04 Å². The summed E-state index contributed by atoms with van der Waals surface area (Å²) >= 11 is 0. The van der Waals surface area contributed by atoms with E-state index in [1.54, 1.807) is 6.20 Å². The fraction of sp³-hybridized carbons (Fsp3) is 0.400. The number of nitrogens with zero attached hydrogens (tertiary/aromatic N) is 1. The predicted octanol–water partition coefficient (Wildman–Crippen LogP) is 2.63. The topological polar surface area (TPSA) is 57.4 Å². The maximum absolute atomic E-state index is 6.31. The Hall–Kier alpha value is -1.49. The minimum Gasteiger partial charge on any atom is -0.351 e. The number of hydrogen-bond donors (Lipinski definition) is 1. The van der Waals surface area contributed by atoms with Crippen LogP contribution >= 0.6 is 0 Å². The van der Waals surface area contributed by atoms with E-state index in [1.807, 2.05) is 44.3 Å². The van der Waals surface area contributed by atoms with Gasteiger partial charge < -0.3 is 15.2 Å². The van der Waals surface area contributed by atoms with Gasteiger partial charge in [-0.25, -0.2) is 0 Å². The quantitative estimate of drug-likeness (QED) is 0.811. The zero-order valence-electron chi connectivity index (χ0n) is 11.4. The standard InChI is InChI=1S/C15H20N2O2/c1-3-18-15(19-4-2)14(16)13-7-5-6-11-10-17-9-8-12(11)13/h5-10,14-15H,3-4,16H2,1-2H3. The zero-order valence-corrected chi connectivity index (χ0v) is 11.4. The second-order valence-electron chi connectivity index (χ2n) is 4.25. The van der Waals surface area contributed by atoms with Gasteiger partial charge in [0.1, 0.15) is 0 Å². The number of hydrogen-bond acceptors (Lipinski definition) is 4. The summed E-state index contributed by atoms with van der Waals surface area (Å²) in [6, 6.07) is 7.67. The molecule has 2 N–H and O–H groups in total. The third kappa shape index (κ3) is 3.10. The summed E-state index contributed by atoms with van der Waals surface area (Å²) in [5.41, 5.74) is 7.33. The van der Waals surface area contributed by atoms with Gasteiger partial charge in [-0.05, 0) is 30.9 Å². The number of ether oxygens (including phenoxy) is 2. The third-order valence-corrected chi connectivity index (χ3v) is 3.03. The second kappa shape index (κ2) is 6.61. The molecule has 1 heterocycles. The van der Waals surface area contributed by atoms with Gasteiger partial charge in [0.25, 0.3) is 0 Å². The molecule has 0 radical (unpaired) electrons. The van der Waals surface area contributed by atoms with Crippen LogP contribution in [0.5, 0.6) is 0 Å². The summed E-state index contributed by atoms with van der Waals surface area (Å²) in [6.45, 7) is 5.02. The molecule has 2 aromatic rings. The molecule has 0 saturated heterocycles. The first-order valence-electron chi connectivity index (χ1n) is 6.59. The van der Waals surface area contributed by atoms with Gasteiger partial charge in [-0.3, -0.25) is 4.98 Å². The largest absolute Gasteiger partial charge is 0.351 e. The van der Waals surface area contributed by atoms with Crippen molar-refractivity contribution in [2.24, 2.45) is 5.73 Å². The first-order valence-corrected chi connectivity index (χ1v) is 6.59. The highest BCUT2D eigenvalue weighted by atomic mass is 16.7. The fourth-order valence-electron chi connectivity index (χ4n) is 2.17. The Morgan fingerprint density at radius 1 is 1.16 bits per heavy atom. The number of benzene rings is 1. The van der Waals surface area contributed by atoms with Gasteiger partial charge in [0.2, 0.25) is 0 Å². The van der Waals surface area contributed by atoms with Crippen molar-refractivity contribution in [3.05, 3.63) is 42.2 Å². The van der Waals surface area contributed by atoms with Crippen LogP contribution in [-0.2, 0) is 9.47 Å². The van der Waals surface area contributed by atoms with E-state index in [4.69, 9.17) is 15.2 Å². The van der Waals surface area contributed by atoms with Crippen LogP contribution in [0.4, 0.5) is 0 Å². The normalized spacial score (nSPS) is 13.1. The van der Waals surface area contributed by atoms with Crippen molar-refractivity contribution in [3.8, 4) is 0 Å². The van der Waals surface area contributed by atoms with Crippen molar-refractivity contribution in [1.29, 1.82) is 0 Å². The lowest BCUT2D eigenvalue weighted by Gasteiger charge is -2.24. The van der Waals surface area contributed by atoms with Crippen molar-refractivity contribution in [3.63, 3.8) is 0 Å². The molecular weight excluding hydrogens is 240 g/mol. The highest BCUT2D eigenvalue weighted by Crippen LogP contribution is 2.25. The number of nitrogens with two attached hydrogens (primary N) is 1. The third-order valence-electron chi connectivity index (χ3n) is 3.03. The van der Waals surface area contributed by atoms with Gasteiger partial charge in [-0.15, -0.1) is 0 Å². The molecule has 1 unspecified atom stereocenters. The van der Waals surface area contributed by atoms with Crippen molar-refractivity contribution in [1.82, 2.24) is 4.98 Å². The van der Waals surface area contributed by atoms with E-state index in [-0.39, 0.29) is 6.04 Å². The Bertz CT molecular complexity index is 519. The lowest BCUT2D eigenvalue weighted by Crippen LogP contribution is -2.31. The van der Waals surface area contributed by atoms with E-state index in [2.05, 4.69) is 4.98 Å². The summed E-state index contributed by atoms with van der Waals surface area (Å²) in [5, 5.41) is 2.16. The van der Waals surface area contributed by atoms with Crippen LogP contribution in [0, 0.1) is 0 Å². The van der Waals surface area contributed by atoms with Crippen LogP contribution in [0.15, 0.2) is 36.7 Å². The summed E-state index contributed by atoms with van der Waals surface area (Å²) < 4.78 is 11.2. The SMILES string of the molecule is CCOC(OCC)C(N)c1cccc2cnccc12. The Kier molecular flexibility index (Phi) is 4.85.